The number of carbonyl (C=O) groups excluding carboxylic acids is 2. The molecule has 0 unspecified atom stereocenters. The summed E-state index contributed by atoms with van der Waals surface area (Å²) in [5.41, 5.74) is 2.69. The van der Waals surface area contributed by atoms with Crippen molar-refractivity contribution >= 4 is 23.6 Å². The van der Waals surface area contributed by atoms with Gasteiger partial charge in [-0.25, -0.2) is 0 Å². The molecule has 1 aliphatic rings. The van der Waals surface area contributed by atoms with Gasteiger partial charge in [-0.1, -0.05) is 49.1 Å². The van der Waals surface area contributed by atoms with Crippen LogP contribution in [0, 0.1) is 0 Å². The van der Waals surface area contributed by atoms with Crippen LogP contribution in [0.25, 0.3) is 6.08 Å². The molecule has 2 aromatic carbocycles. The molecule has 0 saturated heterocycles. The van der Waals surface area contributed by atoms with Crippen molar-refractivity contribution in [2.45, 2.75) is 19.1 Å². The zero-order chi connectivity index (χ0) is 17.8. The van der Waals surface area contributed by atoms with Crippen LogP contribution in [0.1, 0.15) is 17.5 Å². The molecule has 0 N–H and O–H groups in total. The Kier molecular flexibility index (Phi) is 4.84. The zero-order valence-electron chi connectivity index (χ0n) is 14.0. The van der Waals surface area contributed by atoms with E-state index < -0.39 is 12.1 Å². The van der Waals surface area contributed by atoms with Crippen LogP contribution >= 0.6 is 0 Å². The number of methoxy groups -OCH3 is 1. The van der Waals surface area contributed by atoms with Gasteiger partial charge in [0.05, 0.1) is 25.8 Å². The fraction of sp³-hybridized carbons (Fsp3) is 0.200. The lowest BCUT2D eigenvalue weighted by atomic mass is 10.1. The van der Waals surface area contributed by atoms with Crippen molar-refractivity contribution in [2.75, 3.05) is 12.0 Å². The summed E-state index contributed by atoms with van der Waals surface area (Å²) in [7, 11) is 1.29. The molecule has 1 heterocycles. The van der Waals surface area contributed by atoms with Crippen molar-refractivity contribution in [3.63, 3.8) is 0 Å². The largest absolute Gasteiger partial charge is 0.478 e. The van der Waals surface area contributed by atoms with Crippen LogP contribution < -0.4 is 9.64 Å². The van der Waals surface area contributed by atoms with E-state index >= 15 is 0 Å². The molecule has 128 valence electrons. The van der Waals surface area contributed by atoms with Gasteiger partial charge in [0.2, 0.25) is 0 Å². The smallest absolute Gasteiger partial charge is 0.309 e. The normalized spacial score (nSPS) is 16.0. The van der Waals surface area contributed by atoms with Gasteiger partial charge in [-0.15, -0.1) is 0 Å². The molecule has 0 spiro atoms. The number of ether oxygens (including phenoxy) is 2. The number of amides is 1. The molecule has 0 radical (unpaired) electrons. The highest BCUT2D eigenvalue weighted by atomic mass is 16.5. The third kappa shape index (κ3) is 3.55. The van der Waals surface area contributed by atoms with Gasteiger partial charge < -0.3 is 14.4 Å². The van der Waals surface area contributed by atoms with Gasteiger partial charge >= 0.3 is 5.97 Å². The Morgan fingerprint density at radius 2 is 1.96 bits per heavy atom. The van der Waals surface area contributed by atoms with Gasteiger partial charge in [0.15, 0.2) is 6.10 Å². The number of rotatable bonds is 5. The van der Waals surface area contributed by atoms with E-state index in [0.29, 0.717) is 18.0 Å². The Balaban J connectivity index is 1.90. The molecule has 3 rings (SSSR count). The van der Waals surface area contributed by atoms with Crippen molar-refractivity contribution in [1.29, 1.82) is 0 Å². The minimum absolute atomic E-state index is 0.116. The van der Waals surface area contributed by atoms with E-state index in [0.717, 1.165) is 11.1 Å². The topological polar surface area (TPSA) is 55.8 Å². The minimum atomic E-state index is -0.880. The molecule has 2 aromatic rings. The number of benzene rings is 2. The van der Waals surface area contributed by atoms with E-state index in [2.05, 4.69) is 11.3 Å². The van der Waals surface area contributed by atoms with Gasteiger partial charge in [-0.2, -0.15) is 0 Å². The summed E-state index contributed by atoms with van der Waals surface area (Å²) in [6.45, 7) is 4.14. The summed E-state index contributed by atoms with van der Waals surface area (Å²) in [4.78, 5) is 26.1. The fourth-order valence-corrected chi connectivity index (χ4v) is 2.74. The second-order valence-electron chi connectivity index (χ2n) is 5.72. The van der Waals surface area contributed by atoms with Crippen LogP contribution in [0.3, 0.4) is 0 Å². The molecule has 5 heteroatoms. The molecule has 0 aliphatic carbocycles. The minimum Gasteiger partial charge on any atom is -0.478 e. The van der Waals surface area contributed by atoms with Gasteiger partial charge in [0.25, 0.3) is 5.91 Å². The number of carbonyl (C=O) groups is 2. The van der Waals surface area contributed by atoms with Crippen LogP contribution in [0.2, 0.25) is 0 Å². The van der Waals surface area contributed by atoms with Gasteiger partial charge in [-0.3, -0.25) is 9.59 Å². The predicted molar refractivity (Wildman–Crippen MR) is 95.2 cm³/mol. The molecule has 25 heavy (non-hydrogen) atoms. The van der Waals surface area contributed by atoms with E-state index in [-0.39, 0.29) is 12.3 Å². The lowest BCUT2D eigenvalue weighted by molar-refractivity contribution is -0.145. The first-order chi connectivity index (χ1) is 12.1. The molecule has 1 aliphatic heterocycles. The molecular formula is C20H19NO4. The standard InChI is InChI=1S/C20H19NO4/c1-3-14-8-10-15(11-9-14)13-21-16-6-4-5-7-17(16)25-18(20(21)23)12-19(22)24-2/h3-11,18H,1,12-13H2,2H3/t18-/m0/s1. The maximum absolute atomic E-state index is 12.8. The number of nitrogens with zero attached hydrogens (tertiary/aromatic N) is 1. The highest BCUT2D eigenvalue weighted by molar-refractivity contribution is 6.01. The third-order valence-electron chi connectivity index (χ3n) is 4.10. The second-order valence-corrected chi connectivity index (χ2v) is 5.72. The summed E-state index contributed by atoms with van der Waals surface area (Å²) < 4.78 is 10.4. The van der Waals surface area contributed by atoms with Crippen molar-refractivity contribution in [3.05, 3.63) is 66.2 Å². The highest BCUT2D eigenvalue weighted by Crippen LogP contribution is 2.35. The number of hydrogen-bond acceptors (Lipinski definition) is 4. The fourth-order valence-electron chi connectivity index (χ4n) is 2.74. The first kappa shape index (κ1) is 16.8. The summed E-state index contributed by atoms with van der Waals surface area (Å²) in [5, 5.41) is 0. The first-order valence-electron chi connectivity index (χ1n) is 7.97. The van der Waals surface area contributed by atoms with Crippen LogP contribution in [0.5, 0.6) is 5.75 Å². The molecule has 1 amide bonds. The SMILES string of the molecule is C=Cc1ccc(CN2C(=O)[C@H](CC(=O)OC)Oc3ccccc32)cc1. The van der Waals surface area contributed by atoms with Crippen molar-refractivity contribution in [3.8, 4) is 5.75 Å². The Labute approximate surface area is 146 Å². The second kappa shape index (κ2) is 7.21. The van der Waals surface area contributed by atoms with Crippen LogP contribution in [0.4, 0.5) is 5.69 Å². The number of anilines is 1. The van der Waals surface area contributed by atoms with E-state index in [4.69, 9.17) is 4.74 Å². The third-order valence-corrected chi connectivity index (χ3v) is 4.10. The number of fused-ring (bicyclic) bond motifs is 1. The maximum Gasteiger partial charge on any atom is 0.309 e. The molecule has 5 nitrogen and oxygen atoms in total. The Bertz CT molecular complexity index is 798. The average Bonchev–Trinajstić information content (AvgIpc) is 2.65. The monoisotopic (exact) mass is 337 g/mol. The van der Waals surface area contributed by atoms with Crippen molar-refractivity contribution < 1.29 is 19.1 Å². The summed E-state index contributed by atoms with van der Waals surface area (Å²) in [5.74, 6) is -0.149. The van der Waals surface area contributed by atoms with E-state index in [1.165, 1.54) is 7.11 Å². The number of hydrogen-bond donors (Lipinski definition) is 0. The van der Waals surface area contributed by atoms with Crippen LogP contribution in [-0.4, -0.2) is 25.1 Å². The van der Waals surface area contributed by atoms with Gasteiger partial charge in [-0.05, 0) is 23.3 Å². The molecular weight excluding hydrogens is 318 g/mol. The predicted octanol–water partition coefficient (Wildman–Crippen LogP) is 3.19. The molecule has 0 saturated carbocycles. The summed E-state index contributed by atoms with van der Waals surface area (Å²) in [6, 6.07) is 15.1. The lowest BCUT2D eigenvalue weighted by Gasteiger charge is -2.34. The van der Waals surface area contributed by atoms with E-state index in [1.807, 2.05) is 42.5 Å². The van der Waals surface area contributed by atoms with Crippen LogP contribution in [-0.2, 0) is 20.9 Å². The lowest BCUT2D eigenvalue weighted by Crippen LogP contribution is -2.46. The quantitative estimate of drug-likeness (QED) is 0.786. The number of esters is 1. The molecule has 0 fully saturated rings. The number of para-hydroxylation sites is 2. The van der Waals surface area contributed by atoms with E-state index in [1.54, 1.807) is 17.0 Å². The molecule has 0 bridgehead atoms. The first-order valence-corrected chi connectivity index (χ1v) is 7.97. The highest BCUT2D eigenvalue weighted by Gasteiger charge is 2.35. The Morgan fingerprint density at radius 3 is 2.64 bits per heavy atom. The van der Waals surface area contributed by atoms with Gasteiger partial charge in [0.1, 0.15) is 5.75 Å². The van der Waals surface area contributed by atoms with E-state index in [9.17, 15) is 9.59 Å². The van der Waals surface area contributed by atoms with Gasteiger partial charge in [0, 0.05) is 0 Å². The summed E-state index contributed by atoms with van der Waals surface area (Å²) >= 11 is 0. The van der Waals surface area contributed by atoms with Crippen molar-refractivity contribution in [1.82, 2.24) is 0 Å². The van der Waals surface area contributed by atoms with Crippen molar-refractivity contribution in [2.24, 2.45) is 0 Å². The molecule has 1 atom stereocenters. The Morgan fingerprint density at radius 1 is 1.24 bits per heavy atom. The average molecular weight is 337 g/mol. The Hall–Kier alpha value is -3.08. The summed E-state index contributed by atoms with van der Waals surface area (Å²) in [6.07, 6.45) is 0.774. The van der Waals surface area contributed by atoms with Crippen LogP contribution in [0.15, 0.2) is 55.1 Å². The maximum atomic E-state index is 12.8. The zero-order valence-corrected chi connectivity index (χ0v) is 14.0. The molecule has 0 aromatic heterocycles.